The summed E-state index contributed by atoms with van der Waals surface area (Å²) in [7, 11) is 1.79. The maximum absolute atomic E-state index is 12.1. The van der Waals surface area contributed by atoms with Gasteiger partial charge in [0, 0.05) is 36.3 Å². The molecule has 0 aliphatic rings. The number of anilines is 1. The second kappa shape index (κ2) is 6.65. The minimum atomic E-state index is -0.630. The summed E-state index contributed by atoms with van der Waals surface area (Å²) in [5.74, 6) is -0.505. The topological polar surface area (TPSA) is 125 Å². The lowest BCUT2D eigenvalue weighted by atomic mass is 10.3. The van der Waals surface area contributed by atoms with Crippen LogP contribution in [-0.4, -0.2) is 30.2 Å². The van der Waals surface area contributed by atoms with Crippen LogP contribution in [0.15, 0.2) is 40.9 Å². The number of aromatic nitrogens is 4. The van der Waals surface area contributed by atoms with Gasteiger partial charge >= 0.3 is 0 Å². The summed E-state index contributed by atoms with van der Waals surface area (Å²) in [4.78, 5) is 38.2. The molecule has 128 valence electrons. The van der Waals surface area contributed by atoms with Crippen LogP contribution in [0.4, 0.5) is 10.8 Å². The molecule has 1 amide bonds. The van der Waals surface area contributed by atoms with E-state index in [1.807, 2.05) is 0 Å². The van der Waals surface area contributed by atoms with Crippen LogP contribution < -0.4 is 10.9 Å². The smallest absolute Gasteiger partial charge is 0.285 e. The lowest BCUT2D eigenvalue weighted by molar-refractivity contribution is -0.385. The number of rotatable bonds is 5. The molecule has 0 spiro atoms. The molecule has 3 rings (SSSR count). The van der Waals surface area contributed by atoms with Gasteiger partial charge in [0.1, 0.15) is 6.54 Å². The lowest BCUT2D eigenvalue weighted by Crippen LogP contribution is -2.26. The lowest BCUT2D eigenvalue weighted by Gasteiger charge is -2.04. The van der Waals surface area contributed by atoms with Crippen molar-refractivity contribution in [3.8, 4) is 11.3 Å². The molecule has 3 heterocycles. The van der Waals surface area contributed by atoms with E-state index in [4.69, 9.17) is 0 Å². The van der Waals surface area contributed by atoms with Gasteiger partial charge in [-0.3, -0.25) is 29.0 Å². The van der Waals surface area contributed by atoms with Gasteiger partial charge in [-0.1, -0.05) is 0 Å². The van der Waals surface area contributed by atoms with E-state index in [-0.39, 0.29) is 12.2 Å². The van der Waals surface area contributed by atoms with E-state index in [0.29, 0.717) is 10.8 Å². The molecule has 0 unspecified atom stereocenters. The van der Waals surface area contributed by atoms with Crippen molar-refractivity contribution in [2.45, 2.75) is 6.54 Å². The highest BCUT2D eigenvalue weighted by molar-refractivity contribution is 7.14. The first-order valence-corrected chi connectivity index (χ1v) is 7.89. The number of carbonyl (C=O) groups excluding carboxylic acids is 1. The van der Waals surface area contributed by atoms with Crippen molar-refractivity contribution in [2.75, 3.05) is 5.32 Å². The largest absolute Gasteiger partial charge is 0.300 e. The van der Waals surface area contributed by atoms with E-state index in [1.165, 1.54) is 11.3 Å². The second-order valence-corrected chi connectivity index (χ2v) is 5.96. The molecular weight excluding hydrogens is 348 g/mol. The van der Waals surface area contributed by atoms with E-state index in [0.717, 1.165) is 28.5 Å². The fraction of sp³-hybridized carbons (Fsp3) is 0.143. The molecule has 0 aliphatic heterocycles. The molecule has 11 heteroatoms. The minimum Gasteiger partial charge on any atom is -0.300 e. The molecule has 0 fully saturated rings. The Hall–Kier alpha value is -3.34. The van der Waals surface area contributed by atoms with E-state index >= 15 is 0 Å². The number of pyridine rings is 1. The van der Waals surface area contributed by atoms with Gasteiger partial charge in [-0.2, -0.15) is 5.10 Å². The summed E-state index contributed by atoms with van der Waals surface area (Å²) >= 11 is 1.23. The SMILES string of the molecule is Cn1cc(-c2csc(NC(=O)Cn3cc([N+](=O)[O-])ccc3=O)n2)cn1. The van der Waals surface area contributed by atoms with Crippen LogP contribution in [0.3, 0.4) is 0 Å². The number of nitrogens with one attached hydrogen (secondary N) is 1. The molecular formula is C14H12N6O4S. The van der Waals surface area contributed by atoms with Gasteiger partial charge in [-0.15, -0.1) is 11.3 Å². The minimum absolute atomic E-state index is 0.263. The number of nitro groups is 1. The zero-order chi connectivity index (χ0) is 18.0. The van der Waals surface area contributed by atoms with E-state index in [9.17, 15) is 19.7 Å². The molecule has 0 saturated heterocycles. The summed E-state index contributed by atoms with van der Waals surface area (Å²) in [5, 5.41) is 19.5. The number of thiazole rings is 1. The maximum Gasteiger partial charge on any atom is 0.285 e. The molecule has 0 saturated carbocycles. The molecule has 3 aromatic heterocycles. The van der Waals surface area contributed by atoms with Crippen molar-refractivity contribution in [3.05, 3.63) is 56.6 Å². The van der Waals surface area contributed by atoms with Gasteiger partial charge in [-0.25, -0.2) is 4.98 Å². The molecule has 3 aromatic rings. The molecule has 25 heavy (non-hydrogen) atoms. The van der Waals surface area contributed by atoms with Gasteiger partial charge in [0.15, 0.2) is 5.13 Å². The van der Waals surface area contributed by atoms with E-state index in [2.05, 4.69) is 15.4 Å². The number of hydrogen-bond donors (Lipinski definition) is 1. The Morgan fingerprint density at radius 1 is 1.40 bits per heavy atom. The van der Waals surface area contributed by atoms with Gasteiger partial charge < -0.3 is 5.32 Å². The number of hydrogen-bond acceptors (Lipinski definition) is 7. The van der Waals surface area contributed by atoms with E-state index in [1.54, 1.807) is 29.5 Å². The number of carbonyl (C=O) groups is 1. The fourth-order valence-corrected chi connectivity index (χ4v) is 2.82. The highest BCUT2D eigenvalue weighted by atomic mass is 32.1. The third-order valence-corrected chi connectivity index (χ3v) is 4.00. The van der Waals surface area contributed by atoms with Crippen LogP contribution in [0.25, 0.3) is 11.3 Å². The molecule has 10 nitrogen and oxygen atoms in total. The Bertz CT molecular complexity index is 1000. The maximum atomic E-state index is 12.1. The zero-order valence-corrected chi connectivity index (χ0v) is 13.8. The summed E-state index contributed by atoms with van der Waals surface area (Å²) < 4.78 is 2.62. The van der Waals surface area contributed by atoms with E-state index < -0.39 is 16.4 Å². The van der Waals surface area contributed by atoms with Crippen molar-refractivity contribution in [1.29, 1.82) is 0 Å². The van der Waals surface area contributed by atoms with Crippen LogP contribution >= 0.6 is 11.3 Å². The van der Waals surface area contributed by atoms with Gasteiger partial charge in [0.25, 0.3) is 11.2 Å². The summed E-state index contributed by atoms with van der Waals surface area (Å²) in [6.07, 6.45) is 4.48. The van der Waals surface area contributed by atoms with Gasteiger partial charge in [0.05, 0.1) is 23.0 Å². The number of amides is 1. The number of aryl methyl sites for hydroxylation is 1. The molecule has 0 bridgehead atoms. The van der Waals surface area contributed by atoms with Crippen molar-refractivity contribution >= 4 is 28.1 Å². The third-order valence-electron chi connectivity index (χ3n) is 3.24. The Morgan fingerprint density at radius 3 is 2.88 bits per heavy atom. The molecule has 0 atom stereocenters. The first-order chi connectivity index (χ1) is 11.9. The van der Waals surface area contributed by atoms with Crippen molar-refractivity contribution in [2.24, 2.45) is 7.05 Å². The van der Waals surface area contributed by atoms with Crippen molar-refractivity contribution in [1.82, 2.24) is 19.3 Å². The average molecular weight is 360 g/mol. The van der Waals surface area contributed by atoms with Crippen LogP contribution in [-0.2, 0) is 18.4 Å². The predicted molar refractivity (Wildman–Crippen MR) is 90.3 cm³/mol. The van der Waals surface area contributed by atoms with Crippen LogP contribution in [0.1, 0.15) is 0 Å². The average Bonchev–Trinajstić information content (AvgIpc) is 3.18. The summed E-state index contributed by atoms with van der Waals surface area (Å²) in [5.41, 5.74) is 0.714. The number of nitrogens with zero attached hydrogens (tertiary/aromatic N) is 5. The van der Waals surface area contributed by atoms with Crippen molar-refractivity contribution in [3.63, 3.8) is 0 Å². The normalized spacial score (nSPS) is 10.6. The fourth-order valence-electron chi connectivity index (χ4n) is 2.08. The molecule has 0 radical (unpaired) electrons. The first-order valence-electron chi connectivity index (χ1n) is 7.01. The first kappa shape index (κ1) is 16.5. The Balaban J connectivity index is 1.71. The summed E-state index contributed by atoms with van der Waals surface area (Å²) in [6.45, 7) is -0.345. The highest BCUT2D eigenvalue weighted by Gasteiger charge is 2.13. The molecule has 0 aromatic carbocycles. The molecule has 1 N–H and O–H groups in total. The van der Waals surface area contributed by atoms with Crippen LogP contribution in [0, 0.1) is 10.1 Å². The monoisotopic (exact) mass is 360 g/mol. The Kier molecular flexibility index (Phi) is 4.39. The molecule has 0 aliphatic carbocycles. The van der Waals surface area contributed by atoms with Gasteiger partial charge in [-0.05, 0) is 0 Å². The second-order valence-electron chi connectivity index (χ2n) is 5.10. The zero-order valence-electron chi connectivity index (χ0n) is 12.9. The van der Waals surface area contributed by atoms with Crippen LogP contribution in [0.2, 0.25) is 0 Å². The predicted octanol–water partition coefficient (Wildman–Crippen LogP) is 1.25. The third kappa shape index (κ3) is 3.77. The summed E-state index contributed by atoms with van der Waals surface area (Å²) in [6, 6.07) is 2.15. The quantitative estimate of drug-likeness (QED) is 0.539. The highest BCUT2D eigenvalue weighted by Crippen LogP contribution is 2.24. The van der Waals surface area contributed by atoms with Crippen molar-refractivity contribution < 1.29 is 9.72 Å². The van der Waals surface area contributed by atoms with Crippen LogP contribution in [0.5, 0.6) is 0 Å². The standard InChI is InChI=1S/C14H12N6O4S/c1-18-5-9(4-15-18)11-8-25-14(16-11)17-12(21)7-19-6-10(20(23)24)2-3-13(19)22/h2-6,8H,7H2,1H3,(H,16,17,21). The Labute approximate surface area is 144 Å². The Morgan fingerprint density at radius 2 is 2.20 bits per heavy atom. The van der Waals surface area contributed by atoms with Gasteiger partial charge in [0.2, 0.25) is 5.91 Å².